The molecule has 0 unspecified atom stereocenters. The second kappa shape index (κ2) is 7.26. The molecule has 0 spiro atoms. The van der Waals surface area contributed by atoms with Crippen LogP contribution >= 0.6 is 0 Å². The summed E-state index contributed by atoms with van der Waals surface area (Å²) < 4.78 is 13.3. The second-order valence-electron chi connectivity index (χ2n) is 6.01. The Kier molecular flexibility index (Phi) is 5.08. The first-order valence-electron chi connectivity index (χ1n) is 8.67. The van der Waals surface area contributed by atoms with E-state index in [1.807, 2.05) is 6.92 Å². The van der Waals surface area contributed by atoms with E-state index in [1.54, 1.807) is 24.7 Å². The van der Waals surface area contributed by atoms with Gasteiger partial charge in [-0.2, -0.15) is 9.83 Å². The molecule has 1 N–H and O–H groups in total. The number of ether oxygens (including phenoxy) is 2. The summed E-state index contributed by atoms with van der Waals surface area (Å²) in [4.78, 5) is 17.4. The zero-order valence-electron chi connectivity index (χ0n) is 14.9. The molecule has 2 aromatic heterocycles. The third-order valence-corrected chi connectivity index (χ3v) is 4.47. The van der Waals surface area contributed by atoms with Crippen molar-refractivity contribution in [2.75, 3.05) is 19.8 Å². The van der Waals surface area contributed by atoms with E-state index in [0.29, 0.717) is 47.4 Å². The molecule has 1 saturated heterocycles. The van der Waals surface area contributed by atoms with Crippen LogP contribution in [0.1, 0.15) is 42.7 Å². The summed E-state index contributed by atoms with van der Waals surface area (Å²) >= 11 is 0. The number of aromatic nitrogens is 3. The van der Waals surface area contributed by atoms with E-state index < -0.39 is 5.97 Å². The Morgan fingerprint density at radius 3 is 2.80 bits per heavy atom. The van der Waals surface area contributed by atoms with Crippen LogP contribution in [0.5, 0.6) is 0 Å². The third-order valence-electron chi connectivity index (χ3n) is 4.47. The zero-order valence-corrected chi connectivity index (χ0v) is 14.9. The van der Waals surface area contributed by atoms with E-state index in [9.17, 15) is 10.0 Å². The van der Waals surface area contributed by atoms with Gasteiger partial charge in [0.25, 0.3) is 0 Å². The van der Waals surface area contributed by atoms with Crippen molar-refractivity contribution in [3.63, 3.8) is 0 Å². The van der Waals surface area contributed by atoms with Crippen LogP contribution in [-0.2, 0) is 16.0 Å². The molecule has 0 radical (unpaired) electrons. The van der Waals surface area contributed by atoms with E-state index >= 15 is 0 Å². The van der Waals surface area contributed by atoms with Gasteiger partial charge in [0.05, 0.1) is 35.3 Å². The normalized spacial score (nSPS) is 16.5. The standard InChI is InChI=1S/C17H24N4O4/c1-4-20-16-13(10-18-20)15(19-12-6-8-24-9-7-12)14(11(3)21(16)23)17(22)25-5-2/h10,12,23H,4-9H2,1-3H3. The van der Waals surface area contributed by atoms with Gasteiger partial charge in [0.1, 0.15) is 5.56 Å². The molecule has 8 nitrogen and oxygen atoms in total. The van der Waals surface area contributed by atoms with Crippen LogP contribution in [0.2, 0.25) is 0 Å². The molecule has 0 bridgehead atoms. The highest BCUT2D eigenvalue weighted by atomic mass is 16.5. The number of nitrogens with zero attached hydrogens (tertiary/aromatic N) is 4. The molecule has 2 aromatic rings. The first-order valence-corrected chi connectivity index (χ1v) is 8.67. The molecule has 1 fully saturated rings. The van der Waals surface area contributed by atoms with Crippen LogP contribution in [0.15, 0.2) is 11.2 Å². The minimum Gasteiger partial charge on any atom is -0.462 e. The molecule has 3 heterocycles. The zero-order chi connectivity index (χ0) is 18.0. The Balaban J connectivity index is 2.31. The van der Waals surface area contributed by atoms with Gasteiger partial charge in [0.15, 0.2) is 5.65 Å². The predicted molar refractivity (Wildman–Crippen MR) is 90.7 cm³/mol. The van der Waals surface area contributed by atoms with Gasteiger partial charge in [0, 0.05) is 19.8 Å². The third kappa shape index (κ3) is 3.13. The fourth-order valence-electron chi connectivity index (χ4n) is 3.15. The summed E-state index contributed by atoms with van der Waals surface area (Å²) in [5.41, 5.74) is 1.21. The quantitative estimate of drug-likeness (QED) is 0.670. The number of pyridine rings is 1. The number of hydrogen-bond acceptors (Lipinski definition) is 6. The topological polar surface area (TPSA) is 90.9 Å². The van der Waals surface area contributed by atoms with Crippen molar-refractivity contribution in [3.8, 4) is 0 Å². The molecule has 8 heteroatoms. The SMILES string of the molecule is CCOC(=O)c1c(C)n(O)c2c(cnn2CC)c1=NC1CCOCC1. The average Bonchev–Trinajstić information content (AvgIpc) is 3.05. The number of esters is 1. The lowest BCUT2D eigenvalue weighted by Gasteiger charge is -2.19. The van der Waals surface area contributed by atoms with Crippen molar-refractivity contribution in [3.05, 3.63) is 22.8 Å². The van der Waals surface area contributed by atoms with Gasteiger partial charge < -0.3 is 14.7 Å². The molecule has 0 saturated carbocycles. The van der Waals surface area contributed by atoms with E-state index in [1.165, 1.54) is 0 Å². The van der Waals surface area contributed by atoms with Crippen molar-refractivity contribution in [1.29, 1.82) is 0 Å². The number of aryl methyl sites for hydroxylation is 1. The Bertz CT molecular complexity index is 846. The minimum absolute atomic E-state index is 0.0732. The Labute approximate surface area is 145 Å². The van der Waals surface area contributed by atoms with Crippen molar-refractivity contribution in [1.82, 2.24) is 14.5 Å². The van der Waals surface area contributed by atoms with Gasteiger partial charge >= 0.3 is 5.97 Å². The summed E-state index contributed by atoms with van der Waals surface area (Å²) in [7, 11) is 0. The molecule has 0 amide bonds. The molecule has 0 aromatic carbocycles. The van der Waals surface area contributed by atoms with Crippen molar-refractivity contribution in [2.45, 2.75) is 46.2 Å². The molecule has 3 rings (SSSR count). The van der Waals surface area contributed by atoms with E-state index in [-0.39, 0.29) is 12.6 Å². The summed E-state index contributed by atoms with van der Waals surface area (Å²) in [6.07, 6.45) is 3.25. The van der Waals surface area contributed by atoms with Gasteiger partial charge in [-0.05, 0) is 33.6 Å². The van der Waals surface area contributed by atoms with Crippen molar-refractivity contribution >= 4 is 17.0 Å². The van der Waals surface area contributed by atoms with Crippen LogP contribution in [0.4, 0.5) is 0 Å². The maximum absolute atomic E-state index is 12.5. The average molecular weight is 348 g/mol. The number of carbonyl (C=O) groups excluding carboxylic acids is 1. The first kappa shape index (κ1) is 17.5. The first-order chi connectivity index (χ1) is 12.1. The van der Waals surface area contributed by atoms with Crippen LogP contribution in [0, 0.1) is 6.92 Å². The second-order valence-corrected chi connectivity index (χ2v) is 6.01. The predicted octanol–water partition coefficient (Wildman–Crippen LogP) is 1.66. The van der Waals surface area contributed by atoms with Crippen molar-refractivity contribution < 1.29 is 19.5 Å². The van der Waals surface area contributed by atoms with E-state index in [0.717, 1.165) is 17.6 Å². The van der Waals surface area contributed by atoms with E-state index in [4.69, 9.17) is 14.5 Å². The maximum Gasteiger partial charge on any atom is 0.342 e. The molecule has 0 atom stereocenters. The number of rotatable bonds is 4. The number of hydrogen-bond donors (Lipinski definition) is 1. The highest BCUT2D eigenvalue weighted by Crippen LogP contribution is 2.17. The lowest BCUT2D eigenvalue weighted by Crippen LogP contribution is -2.28. The minimum atomic E-state index is -0.486. The van der Waals surface area contributed by atoms with Gasteiger partial charge in [0.2, 0.25) is 0 Å². The fraction of sp³-hybridized carbons (Fsp3) is 0.588. The number of carbonyl (C=O) groups is 1. The lowest BCUT2D eigenvalue weighted by molar-refractivity contribution is 0.0517. The van der Waals surface area contributed by atoms with E-state index in [2.05, 4.69) is 5.10 Å². The van der Waals surface area contributed by atoms with Crippen LogP contribution in [-0.4, -0.2) is 51.5 Å². The molecular weight excluding hydrogens is 324 g/mol. The smallest absolute Gasteiger partial charge is 0.342 e. The van der Waals surface area contributed by atoms with Gasteiger partial charge in [-0.25, -0.2) is 9.48 Å². The largest absolute Gasteiger partial charge is 0.462 e. The van der Waals surface area contributed by atoms with Gasteiger partial charge in [-0.1, -0.05) is 0 Å². The summed E-state index contributed by atoms with van der Waals surface area (Å²) in [6, 6.07) is 0.0732. The molecule has 0 aliphatic carbocycles. The number of fused-ring (bicyclic) bond motifs is 1. The summed E-state index contributed by atoms with van der Waals surface area (Å²) in [5.74, 6) is -0.486. The Hall–Kier alpha value is -2.35. The van der Waals surface area contributed by atoms with Crippen molar-refractivity contribution in [2.24, 2.45) is 4.99 Å². The van der Waals surface area contributed by atoms with Gasteiger partial charge in [-0.15, -0.1) is 0 Å². The monoisotopic (exact) mass is 348 g/mol. The van der Waals surface area contributed by atoms with Crippen LogP contribution in [0.3, 0.4) is 0 Å². The summed E-state index contributed by atoms with van der Waals surface area (Å²) in [5, 5.41) is 16.1. The van der Waals surface area contributed by atoms with Crippen LogP contribution < -0.4 is 5.36 Å². The highest BCUT2D eigenvalue weighted by molar-refractivity contribution is 5.94. The Morgan fingerprint density at radius 2 is 2.16 bits per heavy atom. The fourth-order valence-corrected chi connectivity index (χ4v) is 3.15. The molecule has 1 aliphatic heterocycles. The molecule has 136 valence electrons. The highest BCUT2D eigenvalue weighted by Gasteiger charge is 2.23. The maximum atomic E-state index is 12.5. The molecule has 1 aliphatic rings. The molecular formula is C17H24N4O4. The Morgan fingerprint density at radius 1 is 1.44 bits per heavy atom. The lowest BCUT2D eigenvalue weighted by atomic mass is 10.1. The summed E-state index contributed by atoms with van der Waals surface area (Å²) in [6.45, 7) is 7.55. The van der Waals surface area contributed by atoms with Crippen LogP contribution in [0.25, 0.3) is 11.0 Å². The van der Waals surface area contributed by atoms with Gasteiger partial charge in [-0.3, -0.25) is 4.99 Å². The molecule has 25 heavy (non-hydrogen) atoms.